The molecule has 0 unspecified atom stereocenters. The minimum absolute atomic E-state index is 0.195. The molecule has 0 aromatic rings. The van der Waals surface area contributed by atoms with Crippen molar-refractivity contribution in [1.29, 1.82) is 0 Å². The van der Waals surface area contributed by atoms with E-state index in [1.807, 2.05) is 6.92 Å². The largest absolute Gasteiger partial charge is 0.863 e. The van der Waals surface area contributed by atoms with E-state index in [4.69, 9.17) is 0 Å². The summed E-state index contributed by atoms with van der Waals surface area (Å²) in [5.74, 6) is -1.91. The standard InChI is InChI=1S/C6H12O2/c1-3-5-6(7,8)4-2/h3-5H2,1-2H3/q-2. The molecule has 0 aromatic carbocycles. The summed E-state index contributed by atoms with van der Waals surface area (Å²) >= 11 is 0. The molecule has 8 heavy (non-hydrogen) atoms. The van der Waals surface area contributed by atoms with Crippen molar-refractivity contribution in [3.8, 4) is 0 Å². The Morgan fingerprint density at radius 3 is 1.88 bits per heavy atom. The molecule has 0 spiro atoms. The first kappa shape index (κ1) is 7.92. The summed E-state index contributed by atoms with van der Waals surface area (Å²) in [6.45, 7) is 3.48. The van der Waals surface area contributed by atoms with Gasteiger partial charge in [0.1, 0.15) is 0 Å². The van der Waals surface area contributed by atoms with Gasteiger partial charge in [0, 0.05) is 0 Å². The zero-order valence-corrected chi connectivity index (χ0v) is 5.44. The molecule has 2 nitrogen and oxygen atoms in total. The Balaban J connectivity index is 3.37. The first-order chi connectivity index (χ1) is 3.62. The summed E-state index contributed by atoms with van der Waals surface area (Å²) in [4.78, 5) is 0. The molecule has 0 saturated carbocycles. The smallest absolute Gasteiger partial charge is 0.0582 e. The molecule has 0 rings (SSSR count). The zero-order valence-electron chi connectivity index (χ0n) is 5.44. The highest BCUT2D eigenvalue weighted by atomic mass is 16.5. The van der Waals surface area contributed by atoms with E-state index in [1.165, 1.54) is 0 Å². The second kappa shape index (κ2) is 3.05. The summed E-state index contributed by atoms with van der Waals surface area (Å²) < 4.78 is 0. The van der Waals surface area contributed by atoms with Crippen molar-refractivity contribution in [2.24, 2.45) is 0 Å². The van der Waals surface area contributed by atoms with Gasteiger partial charge in [-0.3, -0.25) is 0 Å². The van der Waals surface area contributed by atoms with Crippen molar-refractivity contribution in [3.63, 3.8) is 0 Å². The van der Waals surface area contributed by atoms with Crippen LogP contribution in [0.15, 0.2) is 0 Å². The Hall–Kier alpha value is -0.0800. The van der Waals surface area contributed by atoms with Crippen LogP contribution < -0.4 is 10.2 Å². The number of rotatable bonds is 3. The molecule has 0 aliphatic carbocycles. The van der Waals surface area contributed by atoms with Crippen molar-refractivity contribution in [2.75, 3.05) is 0 Å². The summed E-state index contributed by atoms with van der Waals surface area (Å²) in [6, 6.07) is 0. The maximum atomic E-state index is 10.5. The topological polar surface area (TPSA) is 46.1 Å². The summed E-state index contributed by atoms with van der Waals surface area (Å²) in [5, 5.41) is 21.0. The fraction of sp³-hybridized carbons (Fsp3) is 1.00. The third kappa shape index (κ3) is 2.99. The molecule has 50 valence electrons. The van der Waals surface area contributed by atoms with E-state index in [0.29, 0.717) is 6.42 Å². The molecule has 0 radical (unpaired) electrons. The first-order valence-electron chi connectivity index (χ1n) is 3.03. The second-order valence-corrected chi connectivity index (χ2v) is 2.01. The van der Waals surface area contributed by atoms with E-state index in [9.17, 15) is 10.2 Å². The van der Waals surface area contributed by atoms with Gasteiger partial charge in [-0.25, -0.2) is 5.79 Å². The fourth-order valence-electron chi connectivity index (χ4n) is 0.558. The average Bonchev–Trinajstić information content (AvgIpc) is 1.67. The molecular formula is C6H12O2-2. The maximum absolute atomic E-state index is 10.5. The minimum atomic E-state index is -1.91. The third-order valence-electron chi connectivity index (χ3n) is 1.17. The maximum Gasteiger partial charge on any atom is -0.0582 e. The van der Waals surface area contributed by atoms with Gasteiger partial charge in [0.25, 0.3) is 0 Å². The molecule has 0 amide bonds. The molecular weight excluding hydrogens is 104 g/mol. The fourth-order valence-corrected chi connectivity index (χ4v) is 0.558. The molecule has 0 N–H and O–H groups in total. The quantitative estimate of drug-likeness (QED) is 0.471. The molecule has 0 aliphatic heterocycles. The van der Waals surface area contributed by atoms with Crippen LogP contribution in [0.5, 0.6) is 0 Å². The van der Waals surface area contributed by atoms with E-state index in [-0.39, 0.29) is 12.8 Å². The van der Waals surface area contributed by atoms with E-state index in [2.05, 4.69) is 0 Å². The van der Waals surface area contributed by atoms with Gasteiger partial charge in [-0.05, 0) is 0 Å². The first-order valence-corrected chi connectivity index (χ1v) is 3.03. The van der Waals surface area contributed by atoms with Crippen LogP contribution in [0.1, 0.15) is 33.1 Å². The van der Waals surface area contributed by atoms with Crippen LogP contribution in [0.3, 0.4) is 0 Å². The van der Waals surface area contributed by atoms with Gasteiger partial charge in [0.2, 0.25) is 0 Å². The summed E-state index contributed by atoms with van der Waals surface area (Å²) in [7, 11) is 0. The molecule has 0 atom stereocenters. The highest BCUT2D eigenvalue weighted by Crippen LogP contribution is 2.03. The highest BCUT2D eigenvalue weighted by Gasteiger charge is 1.93. The minimum Gasteiger partial charge on any atom is -0.863 e. The van der Waals surface area contributed by atoms with Gasteiger partial charge in [-0.15, -0.1) is 0 Å². The van der Waals surface area contributed by atoms with E-state index in [1.54, 1.807) is 6.92 Å². The van der Waals surface area contributed by atoms with Gasteiger partial charge < -0.3 is 10.2 Å². The molecule has 0 aromatic heterocycles. The van der Waals surface area contributed by atoms with Gasteiger partial charge in [-0.1, -0.05) is 33.1 Å². The second-order valence-electron chi connectivity index (χ2n) is 2.01. The zero-order chi connectivity index (χ0) is 6.62. The van der Waals surface area contributed by atoms with Gasteiger partial charge in [0.15, 0.2) is 0 Å². The van der Waals surface area contributed by atoms with Crippen LogP contribution in [0, 0.1) is 0 Å². The molecule has 2 heteroatoms. The summed E-state index contributed by atoms with van der Waals surface area (Å²) in [5.41, 5.74) is 0. The lowest BCUT2D eigenvalue weighted by Crippen LogP contribution is -2.55. The van der Waals surface area contributed by atoms with Crippen LogP contribution in [0.2, 0.25) is 0 Å². The molecule has 0 saturated heterocycles. The van der Waals surface area contributed by atoms with Crippen LogP contribution in [0.4, 0.5) is 0 Å². The highest BCUT2D eigenvalue weighted by molar-refractivity contribution is 4.54. The van der Waals surface area contributed by atoms with Crippen molar-refractivity contribution in [2.45, 2.75) is 38.9 Å². The van der Waals surface area contributed by atoms with Crippen molar-refractivity contribution < 1.29 is 10.2 Å². The molecule has 0 bridgehead atoms. The van der Waals surface area contributed by atoms with Gasteiger partial charge >= 0.3 is 0 Å². The van der Waals surface area contributed by atoms with Crippen LogP contribution >= 0.6 is 0 Å². The normalized spacial score (nSPS) is 12.0. The predicted octanol–water partition coefficient (Wildman–Crippen LogP) is -0.387. The van der Waals surface area contributed by atoms with Crippen molar-refractivity contribution in [1.82, 2.24) is 0 Å². The molecule has 0 aliphatic rings. The Labute approximate surface area is 50.2 Å². The van der Waals surface area contributed by atoms with Gasteiger partial charge in [-0.2, -0.15) is 0 Å². The van der Waals surface area contributed by atoms with Crippen molar-refractivity contribution in [3.05, 3.63) is 0 Å². The van der Waals surface area contributed by atoms with E-state index >= 15 is 0 Å². The lowest BCUT2D eigenvalue weighted by atomic mass is 10.1. The molecule has 0 fully saturated rings. The van der Waals surface area contributed by atoms with Crippen molar-refractivity contribution >= 4 is 0 Å². The Morgan fingerprint density at radius 2 is 1.75 bits per heavy atom. The van der Waals surface area contributed by atoms with Crippen LogP contribution in [-0.4, -0.2) is 5.79 Å². The SMILES string of the molecule is CCCC([O-])([O-])CC. The molecule has 0 heterocycles. The van der Waals surface area contributed by atoms with Crippen LogP contribution in [-0.2, 0) is 0 Å². The van der Waals surface area contributed by atoms with Crippen LogP contribution in [0.25, 0.3) is 0 Å². The predicted molar refractivity (Wildman–Crippen MR) is 27.9 cm³/mol. The lowest BCUT2D eigenvalue weighted by molar-refractivity contribution is -0.722. The van der Waals surface area contributed by atoms with E-state index < -0.39 is 5.79 Å². The number of hydrogen-bond acceptors (Lipinski definition) is 2. The van der Waals surface area contributed by atoms with Gasteiger partial charge in [0.05, 0.1) is 0 Å². The Morgan fingerprint density at radius 1 is 1.25 bits per heavy atom. The number of hydrogen-bond donors (Lipinski definition) is 0. The Kier molecular flexibility index (Phi) is 3.02. The summed E-state index contributed by atoms with van der Waals surface area (Å²) in [6.07, 6.45) is 1.14. The Bertz CT molecular complexity index is 59.5. The third-order valence-corrected chi connectivity index (χ3v) is 1.17. The monoisotopic (exact) mass is 116 g/mol. The van der Waals surface area contributed by atoms with E-state index in [0.717, 1.165) is 0 Å². The lowest BCUT2D eigenvalue weighted by Gasteiger charge is -2.48. The average molecular weight is 116 g/mol.